The van der Waals surface area contributed by atoms with Gasteiger partial charge in [-0.3, -0.25) is 19.3 Å². The molecule has 0 aromatic heterocycles. The largest absolute Gasteiger partial charge is 0.469 e. The quantitative estimate of drug-likeness (QED) is 0.571. The van der Waals surface area contributed by atoms with Gasteiger partial charge in [0.15, 0.2) is 0 Å². The van der Waals surface area contributed by atoms with Crippen molar-refractivity contribution in [2.75, 3.05) is 12.4 Å². The Bertz CT molecular complexity index is 1430. The highest BCUT2D eigenvalue weighted by Gasteiger charge is 2.49. The number of benzene rings is 2. The van der Waals surface area contributed by atoms with Gasteiger partial charge in [-0.15, -0.1) is 0 Å². The third-order valence-corrected chi connectivity index (χ3v) is 7.55. The molecule has 0 saturated carbocycles. The Kier molecular flexibility index (Phi) is 7.05. The van der Waals surface area contributed by atoms with Gasteiger partial charge in [-0.05, 0) is 49.2 Å². The van der Waals surface area contributed by atoms with Crippen molar-refractivity contribution in [2.24, 2.45) is 5.73 Å². The van der Waals surface area contributed by atoms with E-state index in [2.05, 4.69) is 10.1 Å². The van der Waals surface area contributed by atoms with E-state index < -0.39 is 46.1 Å². The number of ether oxygens (including phenoxy) is 1. The summed E-state index contributed by atoms with van der Waals surface area (Å²) in [6.45, 7) is 3.75. The highest BCUT2D eigenvalue weighted by atomic mass is 32.2. The standard InChI is InChI=1S/C26H22F2N4O4S/c1-12-7-8-14(9-13(12)2)31-24(34)22-20(21-16(27)5-4-6-17(21)28)15(11-29)23(30)32-25(35)18(37-26(22)32)10-19(33)36-3/h4-9,18,20H,10,30H2,1-3H3,(H,31,34)/t18-,20-/m0/s1. The van der Waals surface area contributed by atoms with Gasteiger partial charge < -0.3 is 15.8 Å². The monoisotopic (exact) mass is 524 g/mol. The summed E-state index contributed by atoms with van der Waals surface area (Å²) >= 11 is 0.851. The number of hydrogen-bond acceptors (Lipinski definition) is 7. The number of methoxy groups -OCH3 is 1. The molecule has 0 spiro atoms. The summed E-state index contributed by atoms with van der Waals surface area (Å²) < 4.78 is 34.7. The minimum absolute atomic E-state index is 0.00982. The molecule has 190 valence electrons. The third kappa shape index (κ3) is 4.56. The molecule has 1 saturated heterocycles. The summed E-state index contributed by atoms with van der Waals surface area (Å²) in [6, 6.07) is 10.2. The molecule has 2 atom stereocenters. The molecule has 1 fully saturated rings. The fraction of sp³-hybridized carbons (Fsp3) is 0.231. The smallest absolute Gasteiger partial charge is 0.307 e. The molecule has 11 heteroatoms. The first-order valence-electron chi connectivity index (χ1n) is 11.1. The molecular formula is C26H22F2N4O4S. The summed E-state index contributed by atoms with van der Waals surface area (Å²) in [6.07, 6.45) is -0.333. The van der Waals surface area contributed by atoms with E-state index in [1.54, 1.807) is 18.2 Å². The van der Waals surface area contributed by atoms with Gasteiger partial charge in [-0.25, -0.2) is 8.78 Å². The van der Waals surface area contributed by atoms with Crippen LogP contribution in [-0.2, 0) is 19.1 Å². The number of nitriles is 1. The Labute approximate surface area is 215 Å². The van der Waals surface area contributed by atoms with Gasteiger partial charge in [0, 0.05) is 11.3 Å². The molecule has 0 aliphatic carbocycles. The van der Waals surface area contributed by atoms with Crippen molar-refractivity contribution in [3.63, 3.8) is 0 Å². The second-order valence-electron chi connectivity index (χ2n) is 8.51. The van der Waals surface area contributed by atoms with Crippen molar-refractivity contribution in [3.8, 4) is 6.07 Å². The summed E-state index contributed by atoms with van der Waals surface area (Å²) in [7, 11) is 1.17. The molecule has 4 rings (SSSR count). The number of aryl methyl sites for hydroxylation is 2. The number of anilines is 1. The molecule has 3 N–H and O–H groups in total. The van der Waals surface area contributed by atoms with E-state index in [1.807, 2.05) is 19.9 Å². The minimum atomic E-state index is -1.54. The molecule has 2 aromatic rings. The van der Waals surface area contributed by atoms with Crippen LogP contribution in [0.4, 0.5) is 14.5 Å². The van der Waals surface area contributed by atoms with Crippen LogP contribution in [0.1, 0.15) is 29.0 Å². The highest BCUT2D eigenvalue weighted by molar-refractivity contribution is 8.04. The predicted octanol–water partition coefficient (Wildman–Crippen LogP) is 3.73. The first kappa shape index (κ1) is 25.9. The zero-order valence-corrected chi connectivity index (χ0v) is 20.9. The van der Waals surface area contributed by atoms with Crippen LogP contribution in [0, 0.1) is 36.8 Å². The number of nitrogens with one attached hydrogen (secondary N) is 1. The zero-order chi connectivity index (χ0) is 27.0. The van der Waals surface area contributed by atoms with Gasteiger partial charge >= 0.3 is 5.97 Å². The van der Waals surface area contributed by atoms with E-state index in [-0.39, 0.29) is 28.4 Å². The first-order chi connectivity index (χ1) is 17.6. The maximum absolute atomic E-state index is 15.0. The van der Waals surface area contributed by atoms with Crippen molar-refractivity contribution in [1.29, 1.82) is 5.26 Å². The van der Waals surface area contributed by atoms with Crippen molar-refractivity contribution in [2.45, 2.75) is 31.4 Å². The number of nitrogens with zero attached hydrogens (tertiary/aromatic N) is 2. The number of hydrogen-bond donors (Lipinski definition) is 2. The number of rotatable bonds is 5. The number of allylic oxidation sites excluding steroid dienone is 1. The van der Waals surface area contributed by atoms with Crippen LogP contribution in [0.15, 0.2) is 58.4 Å². The van der Waals surface area contributed by atoms with E-state index >= 15 is 8.78 Å². The summed E-state index contributed by atoms with van der Waals surface area (Å²) in [5.74, 6) is -5.99. The molecule has 2 amide bonds. The van der Waals surface area contributed by atoms with Crippen LogP contribution in [0.3, 0.4) is 0 Å². The van der Waals surface area contributed by atoms with Crippen LogP contribution < -0.4 is 11.1 Å². The molecule has 0 bridgehead atoms. The van der Waals surface area contributed by atoms with Crippen LogP contribution >= 0.6 is 11.8 Å². The predicted molar refractivity (Wildman–Crippen MR) is 132 cm³/mol. The first-order valence-corrected chi connectivity index (χ1v) is 12.0. The Balaban J connectivity index is 1.92. The molecule has 2 aliphatic rings. The SMILES string of the molecule is COC(=O)C[C@@H]1SC2=C(C(=O)Nc3ccc(C)c(C)c3)[C@H](c3c(F)cccc3F)C(C#N)=C(N)N2C1=O. The van der Waals surface area contributed by atoms with Crippen molar-refractivity contribution in [3.05, 3.63) is 86.7 Å². The average Bonchev–Trinajstić information content (AvgIpc) is 3.17. The lowest BCUT2D eigenvalue weighted by Gasteiger charge is -2.32. The molecule has 37 heavy (non-hydrogen) atoms. The Hall–Kier alpha value is -4.17. The van der Waals surface area contributed by atoms with E-state index in [0.717, 1.165) is 46.0 Å². The average molecular weight is 525 g/mol. The van der Waals surface area contributed by atoms with Gasteiger partial charge in [0.05, 0.1) is 41.7 Å². The van der Waals surface area contributed by atoms with E-state index in [9.17, 15) is 19.6 Å². The molecule has 2 heterocycles. The lowest BCUT2D eigenvalue weighted by Crippen LogP contribution is -2.39. The van der Waals surface area contributed by atoms with Gasteiger partial charge in [-0.1, -0.05) is 23.9 Å². The van der Waals surface area contributed by atoms with Crippen molar-refractivity contribution >= 4 is 35.2 Å². The maximum Gasteiger partial charge on any atom is 0.307 e. The molecule has 2 aromatic carbocycles. The van der Waals surface area contributed by atoms with Gasteiger partial charge in [0.2, 0.25) is 5.91 Å². The Morgan fingerprint density at radius 3 is 2.46 bits per heavy atom. The van der Waals surface area contributed by atoms with Crippen molar-refractivity contribution < 1.29 is 27.9 Å². The molecule has 0 radical (unpaired) electrons. The number of fused-ring (bicyclic) bond motifs is 1. The summed E-state index contributed by atoms with van der Waals surface area (Å²) in [4.78, 5) is 39.8. The fourth-order valence-corrected chi connectivity index (χ4v) is 5.56. The van der Waals surface area contributed by atoms with E-state index in [1.165, 1.54) is 7.11 Å². The number of amides is 2. The number of thioether (sulfide) groups is 1. The Morgan fingerprint density at radius 1 is 1.19 bits per heavy atom. The van der Waals surface area contributed by atoms with Crippen LogP contribution in [0.2, 0.25) is 0 Å². The second-order valence-corrected chi connectivity index (χ2v) is 9.70. The maximum atomic E-state index is 15.0. The lowest BCUT2D eigenvalue weighted by molar-refractivity contribution is -0.142. The lowest BCUT2D eigenvalue weighted by atomic mass is 9.82. The summed E-state index contributed by atoms with van der Waals surface area (Å²) in [5, 5.41) is 11.7. The van der Waals surface area contributed by atoms with E-state index in [0.29, 0.717) is 5.69 Å². The number of halogens is 2. The minimum Gasteiger partial charge on any atom is -0.469 e. The normalized spacial score (nSPS) is 19.0. The zero-order valence-electron chi connectivity index (χ0n) is 20.1. The number of carbonyl (C=O) groups is 3. The third-order valence-electron chi connectivity index (χ3n) is 6.28. The van der Waals surface area contributed by atoms with Crippen LogP contribution in [-0.4, -0.2) is 35.0 Å². The molecule has 2 aliphatic heterocycles. The number of esters is 1. The second kappa shape index (κ2) is 10.1. The number of carbonyl (C=O) groups excluding carboxylic acids is 3. The number of nitrogens with two attached hydrogens (primary N) is 1. The molecule has 0 unspecified atom stereocenters. The van der Waals surface area contributed by atoms with Gasteiger partial charge in [0.1, 0.15) is 22.7 Å². The van der Waals surface area contributed by atoms with E-state index in [4.69, 9.17) is 5.73 Å². The van der Waals surface area contributed by atoms with Crippen molar-refractivity contribution in [1.82, 2.24) is 4.90 Å². The summed E-state index contributed by atoms with van der Waals surface area (Å²) in [5.41, 5.74) is 7.32. The van der Waals surface area contributed by atoms with Crippen LogP contribution in [0.5, 0.6) is 0 Å². The van der Waals surface area contributed by atoms with Gasteiger partial charge in [0.25, 0.3) is 5.91 Å². The Morgan fingerprint density at radius 2 is 1.86 bits per heavy atom. The molecular weight excluding hydrogens is 502 g/mol. The van der Waals surface area contributed by atoms with Gasteiger partial charge in [-0.2, -0.15) is 5.26 Å². The van der Waals surface area contributed by atoms with Crippen LogP contribution in [0.25, 0.3) is 0 Å². The fourth-order valence-electron chi connectivity index (χ4n) is 4.24. The topological polar surface area (TPSA) is 126 Å². The highest BCUT2D eigenvalue weighted by Crippen LogP contribution is 2.50. The molecule has 8 nitrogen and oxygen atoms in total.